The average Bonchev–Trinajstić information content (AvgIpc) is 3.50. The SMILES string of the molecule is O=C(Nc1ccccc1)c1ccc(Nc2ncnc3ccc(-c4ccc(CN5CC6C(CO)C6C5)cc4)cc23)cc1. The number of hydrogen-bond acceptors (Lipinski definition) is 6. The molecule has 0 bridgehead atoms. The molecule has 2 aliphatic rings. The fraction of sp³-hybridized carbons (Fsp3) is 0.206. The smallest absolute Gasteiger partial charge is 0.255 e. The molecule has 0 spiro atoms. The number of carbonyl (C=O) groups is 1. The van der Waals surface area contributed by atoms with E-state index in [1.165, 1.54) is 5.56 Å². The van der Waals surface area contributed by atoms with Crippen LogP contribution in [-0.4, -0.2) is 45.6 Å². The summed E-state index contributed by atoms with van der Waals surface area (Å²) in [4.78, 5) is 24.1. The molecule has 7 nitrogen and oxygen atoms in total. The molecule has 2 heterocycles. The number of benzene rings is 4. The van der Waals surface area contributed by atoms with Crippen LogP contribution in [-0.2, 0) is 6.54 Å². The Bertz CT molecular complexity index is 1680. The van der Waals surface area contributed by atoms with Crippen LogP contribution in [0.2, 0.25) is 0 Å². The number of piperidine rings is 1. The molecule has 204 valence electrons. The molecule has 3 N–H and O–H groups in total. The maximum atomic E-state index is 12.6. The number of aromatic nitrogens is 2. The predicted octanol–water partition coefficient (Wildman–Crippen LogP) is 5.96. The second-order valence-corrected chi connectivity index (χ2v) is 11.0. The van der Waals surface area contributed by atoms with Crippen molar-refractivity contribution in [3.63, 3.8) is 0 Å². The monoisotopic (exact) mass is 541 g/mol. The van der Waals surface area contributed by atoms with E-state index in [0.29, 0.717) is 35.7 Å². The number of aliphatic hydroxyl groups is 1. The third kappa shape index (κ3) is 5.29. The van der Waals surface area contributed by atoms with E-state index in [2.05, 4.69) is 61.9 Å². The first-order valence-corrected chi connectivity index (χ1v) is 14.1. The van der Waals surface area contributed by atoms with Gasteiger partial charge in [-0.3, -0.25) is 9.69 Å². The Labute approximate surface area is 238 Å². The first-order valence-electron chi connectivity index (χ1n) is 14.1. The highest BCUT2D eigenvalue weighted by molar-refractivity contribution is 6.04. The van der Waals surface area contributed by atoms with Gasteiger partial charge in [0.05, 0.1) is 5.52 Å². The Kier molecular flexibility index (Phi) is 6.66. The molecule has 1 aliphatic carbocycles. The molecule has 0 radical (unpaired) electrons. The minimum Gasteiger partial charge on any atom is -0.396 e. The van der Waals surface area contributed by atoms with Crippen LogP contribution in [0.3, 0.4) is 0 Å². The van der Waals surface area contributed by atoms with Gasteiger partial charge in [0.2, 0.25) is 0 Å². The van der Waals surface area contributed by atoms with Crippen LogP contribution < -0.4 is 10.6 Å². The van der Waals surface area contributed by atoms with Crippen molar-refractivity contribution in [1.29, 1.82) is 0 Å². The summed E-state index contributed by atoms with van der Waals surface area (Å²) in [7, 11) is 0. The van der Waals surface area contributed by atoms with Gasteiger partial charge >= 0.3 is 0 Å². The van der Waals surface area contributed by atoms with Crippen molar-refractivity contribution in [2.24, 2.45) is 17.8 Å². The van der Waals surface area contributed by atoms with Crippen LogP contribution in [0.25, 0.3) is 22.0 Å². The first-order chi connectivity index (χ1) is 20.1. The van der Waals surface area contributed by atoms with E-state index in [9.17, 15) is 9.90 Å². The summed E-state index contributed by atoms with van der Waals surface area (Å²) >= 11 is 0. The molecule has 1 aromatic heterocycles. The standard InChI is InChI=1S/C34H31N5O2/c40-20-31-29-18-39(19-30(29)31)17-22-6-8-23(9-7-22)25-12-15-32-28(16-25)33(36-21-35-32)37-27-13-10-24(11-14-27)34(41)38-26-4-2-1-3-5-26/h1-16,21,29-31,40H,17-20H2,(H,38,41)(H,35,36,37). The van der Waals surface area contributed by atoms with Crippen LogP contribution >= 0.6 is 0 Å². The summed E-state index contributed by atoms with van der Waals surface area (Å²) in [6.45, 7) is 3.49. The quantitative estimate of drug-likeness (QED) is 0.225. The summed E-state index contributed by atoms with van der Waals surface area (Å²) in [5.41, 5.74) is 6.58. The maximum Gasteiger partial charge on any atom is 0.255 e. The number of para-hydroxylation sites is 1. The minimum atomic E-state index is -0.154. The molecule has 7 heteroatoms. The summed E-state index contributed by atoms with van der Waals surface area (Å²) < 4.78 is 0. The number of rotatable bonds is 8. The highest BCUT2D eigenvalue weighted by Gasteiger charge is 2.54. The molecule has 1 aliphatic heterocycles. The lowest BCUT2D eigenvalue weighted by atomic mass is 10.0. The third-order valence-electron chi connectivity index (χ3n) is 8.43. The third-order valence-corrected chi connectivity index (χ3v) is 8.43. The van der Waals surface area contributed by atoms with Crippen molar-refractivity contribution in [1.82, 2.24) is 14.9 Å². The molecule has 41 heavy (non-hydrogen) atoms. The summed E-state index contributed by atoms with van der Waals surface area (Å²) in [5.74, 6) is 2.48. The Morgan fingerprint density at radius 1 is 0.829 bits per heavy atom. The van der Waals surface area contributed by atoms with Crippen LogP contribution in [0.1, 0.15) is 15.9 Å². The second kappa shape index (κ2) is 10.8. The fourth-order valence-electron chi connectivity index (χ4n) is 6.10. The van der Waals surface area contributed by atoms with Crippen molar-refractivity contribution in [3.8, 4) is 11.1 Å². The van der Waals surface area contributed by atoms with E-state index in [4.69, 9.17) is 0 Å². The number of hydrogen-bond donors (Lipinski definition) is 3. The number of nitrogens with zero attached hydrogens (tertiary/aromatic N) is 3. The van der Waals surface area contributed by atoms with Gasteiger partial charge in [-0.05, 0) is 83.0 Å². The van der Waals surface area contributed by atoms with Crippen LogP contribution in [0.4, 0.5) is 17.2 Å². The van der Waals surface area contributed by atoms with E-state index in [1.807, 2.05) is 48.5 Å². The molecule has 1 saturated carbocycles. The predicted molar refractivity (Wildman–Crippen MR) is 162 cm³/mol. The number of likely N-dealkylation sites (tertiary alicyclic amines) is 1. The van der Waals surface area contributed by atoms with Gasteiger partial charge in [0.25, 0.3) is 5.91 Å². The van der Waals surface area contributed by atoms with E-state index < -0.39 is 0 Å². The van der Waals surface area contributed by atoms with Crippen molar-refractivity contribution in [2.45, 2.75) is 6.54 Å². The number of fused-ring (bicyclic) bond motifs is 2. The van der Waals surface area contributed by atoms with E-state index in [0.717, 1.165) is 53.0 Å². The number of carbonyl (C=O) groups excluding carboxylic acids is 1. The lowest BCUT2D eigenvalue weighted by Crippen LogP contribution is -2.24. The molecule has 1 amide bonds. The highest BCUT2D eigenvalue weighted by Crippen LogP contribution is 2.51. The molecule has 7 rings (SSSR count). The molecule has 5 aromatic rings. The number of aliphatic hydroxyl groups excluding tert-OH is 1. The zero-order chi connectivity index (χ0) is 27.8. The summed E-state index contributed by atoms with van der Waals surface area (Å²) in [6, 6.07) is 31.8. The van der Waals surface area contributed by atoms with Crippen LogP contribution in [0, 0.1) is 17.8 Å². The zero-order valence-corrected chi connectivity index (χ0v) is 22.6. The van der Waals surface area contributed by atoms with Crippen LogP contribution in [0.5, 0.6) is 0 Å². The van der Waals surface area contributed by atoms with Gasteiger partial charge in [-0.1, -0.05) is 48.5 Å². The minimum absolute atomic E-state index is 0.154. The topological polar surface area (TPSA) is 90.4 Å². The van der Waals surface area contributed by atoms with Crippen LogP contribution in [0.15, 0.2) is 103 Å². The molecule has 4 aromatic carbocycles. The Morgan fingerprint density at radius 2 is 1.56 bits per heavy atom. The van der Waals surface area contributed by atoms with Gasteiger partial charge in [0, 0.05) is 48.6 Å². The highest BCUT2D eigenvalue weighted by atomic mass is 16.3. The fourth-order valence-corrected chi connectivity index (χ4v) is 6.10. The Hall–Kier alpha value is -4.59. The van der Waals surface area contributed by atoms with Gasteiger partial charge in [-0.2, -0.15) is 0 Å². The normalized spacial score (nSPS) is 19.6. The second-order valence-electron chi connectivity index (χ2n) is 11.0. The van der Waals surface area contributed by atoms with E-state index >= 15 is 0 Å². The maximum absolute atomic E-state index is 12.6. The molecular formula is C34H31N5O2. The largest absolute Gasteiger partial charge is 0.396 e. The van der Waals surface area contributed by atoms with Gasteiger partial charge in [0.15, 0.2) is 0 Å². The van der Waals surface area contributed by atoms with Gasteiger partial charge in [0.1, 0.15) is 12.1 Å². The number of amides is 1. The summed E-state index contributed by atoms with van der Waals surface area (Å²) in [6.07, 6.45) is 1.56. The lowest BCUT2D eigenvalue weighted by molar-refractivity contribution is 0.102. The van der Waals surface area contributed by atoms with E-state index in [-0.39, 0.29) is 5.91 Å². The van der Waals surface area contributed by atoms with Gasteiger partial charge in [-0.15, -0.1) is 0 Å². The zero-order valence-electron chi connectivity index (χ0n) is 22.6. The number of anilines is 3. The molecular weight excluding hydrogens is 510 g/mol. The molecule has 1 saturated heterocycles. The van der Waals surface area contributed by atoms with Crippen molar-refractivity contribution >= 4 is 34.0 Å². The number of nitrogens with one attached hydrogen (secondary N) is 2. The van der Waals surface area contributed by atoms with Gasteiger partial charge < -0.3 is 15.7 Å². The van der Waals surface area contributed by atoms with Crippen molar-refractivity contribution in [2.75, 3.05) is 30.3 Å². The Morgan fingerprint density at radius 3 is 2.29 bits per heavy atom. The average molecular weight is 542 g/mol. The molecule has 2 fully saturated rings. The molecule has 2 unspecified atom stereocenters. The van der Waals surface area contributed by atoms with Gasteiger partial charge in [-0.25, -0.2) is 9.97 Å². The van der Waals surface area contributed by atoms with Crippen molar-refractivity contribution < 1.29 is 9.90 Å². The lowest BCUT2D eigenvalue weighted by Gasteiger charge is -2.19. The summed E-state index contributed by atoms with van der Waals surface area (Å²) in [5, 5.41) is 16.6. The van der Waals surface area contributed by atoms with E-state index in [1.54, 1.807) is 18.5 Å². The first kappa shape index (κ1) is 25.4. The van der Waals surface area contributed by atoms with Crippen molar-refractivity contribution in [3.05, 3.63) is 115 Å². The molecule has 2 atom stereocenters. The Balaban J connectivity index is 1.05.